The molecule has 0 atom stereocenters. The molecule has 0 fully saturated rings. The van der Waals surface area contributed by atoms with Gasteiger partial charge < -0.3 is 14.2 Å². The standard InChI is InChI=1S/C23H25O5/c1-3-5-6-7-22(24)27-20-13-15-21(16-14-20)28-23(25)17-10-18-8-11-19(12-9-18)26-4-2/h8-17H,2-7H2,1H3/b17-10+. The van der Waals surface area contributed by atoms with Gasteiger partial charge in [0.15, 0.2) is 0 Å². The van der Waals surface area contributed by atoms with Crippen LogP contribution in [0, 0.1) is 6.92 Å². The van der Waals surface area contributed by atoms with Gasteiger partial charge in [-0.1, -0.05) is 31.9 Å². The SMILES string of the molecule is [CH2]COc1ccc(/C=C/C(=O)Oc2ccc(OC(=O)CCCCC)cc2)cc1. The van der Waals surface area contributed by atoms with Gasteiger partial charge in [-0.25, -0.2) is 4.79 Å². The zero-order valence-corrected chi connectivity index (χ0v) is 16.1. The van der Waals surface area contributed by atoms with Crippen molar-refractivity contribution in [3.8, 4) is 17.2 Å². The van der Waals surface area contributed by atoms with E-state index in [1.54, 1.807) is 42.5 Å². The molecule has 1 radical (unpaired) electrons. The zero-order chi connectivity index (χ0) is 20.2. The highest BCUT2D eigenvalue weighted by Crippen LogP contribution is 2.19. The first-order valence-corrected chi connectivity index (χ1v) is 9.33. The van der Waals surface area contributed by atoms with Gasteiger partial charge >= 0.3 is 11.9 Å². The van der Waals surface area contributed by atoms with Crippen molar-refractivity contribution in [2.75, 3.05) is 6.61 Å². The zero-order valence-electron chi connectivity index (χ0n) is 16.1. The predicted molar refractivity (Wildman–Crippen MR) is 108 cm³/mol. The summed E-state index contributed by atoms with van der Waals surface area (Å²) in [4.78, 5) is 23.6. The Morgan fingerprint density at radius 3 is 2.11 bits per heavy atom. The average molecular weight is 381 g/mol. The Morgan fingerprint density at radius 2 is 1.50 bits per heavy atom. The molecule has 2 aromatic rings. The van der Waals surface area contributed by atoms with Crippen molar-refractivity contribution in [3.63, 3.8) is 0 Å². The molecule has 0 N–H and O–H groups in total. The number of esters is 2. The molecular formula is C23H25O5. The molecule has 5 nitrogen and oxygen atoms in total. The molecule has 0 bridgehead atoms. The Bertz CT molecular complexity index is 776. The van der Waals surface area contributed by atoms with E-state index in [9.17, 15) is 9.59 Å². The Morgan fingerprint density at radius 1 is 0.893 bits per heavy atom. The number of rotatable bonds is 10. The van der Waals surface area contributed by atoms with Crippen LogP contribution in [0.1, 0.15) is 38.2 Å². The molecule has 2 rings (SSSR count). The topological polar surface area (TPSA) is 61.8 Å². The van der Waals surface area contributed by atoms with Crippen LogP contribution in [0.2, 0.25) is 0 Å². The number of ether oxygens (including phenoxy) is 3. The molecule has 0 amide bonds. The summed E-state index contributed by atoms with van der Waals surface area (Å²) in [7, 11) is 0. The molecule has 2 aromatic carbocycles. The predicted octanol–water partition coefficient (Wildman–Crippen LogP) is 5.00. The van der Waals surface area contributed by atoms with E-state index in [0.29, 0.717) is 24.5 Å². The monoisotopic (exact) mass is 381 g/mol. The first kappa shape index (κ1) is 21.2. The minimum Gasteiger partial charge on any atom is -0.494 e. The van der Waals surface area contributed by atoms with Gasteiger partial charge in [0.25, 0.3) is 0 Å². The van der Waals surface area contributed by atoms with Gasteiger partial charge in [-0.15, -0.1) is 0 Å². The van der Waals surface area contributed by atoms with Crippen molar-refractivity contribution < 1.29 is 23.8 Å². The summed E-state index contributed by atoms with van der Waals surface area (Å²) in [5, 5.41) is 0. The van der Waals surface area contributed by atoms with Crippen LogP contribution in [0.5, 0.6) is 17.2 Å². The fraction of sp³-hybridized carbons (Fsp3) is 0.261. The third-order valence-corrected chi connectivity index (χ3v) is 3.82. The van der Waals surface area contributed by atoms with E-state index < -0.39 is 5.97 Å². The molecule has 147 valence electrons. The molecular weight excluding hydrogens is 356 g/mol. The van der Waals surface area contributed by atoms with E-state index in [0.717, 1.165) is 30.6 Å². The largest absolute Gasteiger partial charge is 0.494 e. The maximum absolute atomic E-state index is 11.9. The van der Waals surface area contributed by atoms with Crippen LogP contribution in [0.4, 0.5) is 0 Å². The number of unbranched alkanes of at least 4 members (excludes halogenated alkanes) is 2. The highest BCUT2D eigenvalue weighted by atomic mass is 16.5. The highest BCUT2D eigenvalue weighted by molar-refractivity contribution is 5.88. The lowest BCUT2D eigenvalue weighted by atomic mass is 10.2. The molecule has 0 saturated heterocycles. The van der Waals surface area contributed by atoms with Gasteiger partial charge in [-0.3, -0.25) is 4.79 Å². The quantitative estimate of drug-likeness (QED) is 0.251. The molecule has 0 saturated carbocycles. The third-order valence-electron chi connectivity index (χ3n) is 3.82. The number of carbonyl (C=O) groups is 2. The Hall–Kier alpha value is -3.08. The van der Waals surface area contributed by atoms with E-state index in [-0.39, 0.29) is 5.97 Å². The number of benzene rings is 2. The van der Waals surface area contributed by atoms with E-state index in [2.05, 4.69) is 13.8 Å². The Labute approximate surface area is 165 Å². The van der Waals surface area contributed by atoms with Crippen LogP contribution in [0.15, 0.2) is 54.6 Å². The van der Waals surface area contributed by atoms with E-state index in [1.807, 2.05) is 12.1 Å². The molecule has 0 aliphatic carbocycles. The van der Waals surface area contributed by atoms with Crippen LogP contribution in [0.3, 0.4) is 0 Å². The second kappa shape index (κ2) is 11.6. The van der Waals surface area contributed by atoms with Crippen LogP contribution in [-0.4, -0.2) is 18.5 Å². The summed E-state index contributed by atoms with van der Waals surface area (Å²) < 4.78 is 15.7. The number of hydrogen-bond acceptors (Lipinski definition) is 5. The first-order chi connectivity index (χ1) is 13.6. The summed E-state index contributed by atoms with van der Waals surface area (Å²) in [5.41, 5.74) is 0.846. The summed E-state index contributed by atoms with van der Waals surface area (Å²) in [6.07, 6.45) is 6.28. The summed E-state index contributed by atoms with van der Waals surface area (Å²) >= 11 is 0. The average Bonchev–Trinajstić information content (AvgIpc) is 2.69. The van der Waals surface area contributed by atoms with Gasteiger partial charge in [0.2, 0.25) is 0 Å². The van der Waals surface area contributed by atoms with Gasteiger partial charge in [0.1, 0.15) is 17.2 Å². The van der Waals surface area contributed by atoms with Gasteiger partial charge in [-0.2, -0.15) is 0 Å². The summed E-state index contributed by atoms with van der Waals surface area (Å²) in [5.74, 6) is 0.775. The Balaban J connectivity index is 1.82. The van der Waals surface area contributed by atoms with E-state index in [1.165, 1.54) is 6.08 Å². The number of hydrogen-bond donors (Lipinski definition) is 0. The maximum Gasteiger partial charge on any atom is 0.336 e. The lowest BCUT2D eigenvalue weighted by Gasteiger charge is -2.06. The van der Waals surface area contributed by atoms with Crippen molar-refractivity contribution in [2.45, 2.75) is 32.6 Å². The molecule has 0 aromatic heterocycles. The first-order valence-electron chi connectivity index (χ1n) is 9.33. The van der Waals surface area contributed by atoms with Crippen LogP contribution >= 0.6 is 0 Å². The van der Waals surface area contributed by atoms with Crippen molar-refractivity contribution in [1.29, 1.82) is 0 Å². The molecule has 0 heterocycles. The summed E-state index contributed by atoms with van der Waals surface area (Å²) in [6.45, 7) is 6.05. The van der Waals surface area contributed by atoms with Crippen molar-refractivity contribution >= 4 is 18.0 Å². The third kappa shape index (κ3) is 7.66. The van der Waals surface area contributed by atoms with Crippen LogP contribution in [-0.2, 0) is 9.59 Å². The lowest BCUT2D eigenvalue weighted by molar-refractivity contribution is -0.134. The Kier molecular flexibility index (Phi) is 8.79. The van der Waals surface area contributed by atoms with Gasteiger partial charge in [0, 0.05) is 12.5 Å². The molecule has 0 unspecified atom stereocenters. The minimum absolute atomic E-state index is 0.257. The van der Waals surface area contributed by atoms with Gasteiger partial charge in [0.05, 0.1) is 6.61 Å². The fourth-order valence-electron chi connectivity index (χ4n) is 2.38. The fourth-order valence-corrected chi connectivity index (χ4v) is 2.38. The van der Waals surface area contributed by atoms with Crippen LogP contribution < -0.4 is 14.2 Å². The molecule has 28 heavy (non-hydrogen) atoms. The minimum atomic E-state index is -0.498. The van der Waals surface area contributed by atoms with Gasteiger partial charge in [-0.05, 0) is 61.4 Å². The molecule has 0 aliphatic rings. The normalized spacial score (nSPS) is 10.6. The maximum atomic E-state index is 11.9. The summed E-state index contributed by atoms with van der Waals surface area (Å²) in [6, 6.07) is 13.7. The lowest BCUT2D eigenvalue weighted by Crippen LogP contribution is -2.07. The highest BCUT2D eigenvalue weighted by Gasteiger charge is 2.06. The second-order valence-corrected chi connectivity index (χ2v) is 6.07. The molecule has 0 spiro atoms. The van der Waals surface area contributed by atoms with E-state index in [4.69, 9.17) is 14.2 Å². The van der Waals surface area contributed by atoms with Crippen LogP contribution in [0.25, 0.3) is 6.08 Å². The van der Waals surface area contributed by atoms with Crippen molar-refractivity contribution in [1.82, 2.24) is 0 Å². The molecule has 0 aliphatic heterocycles. The van der Waals surface area contributed by atoms with Crippen molar-refractivity contribution in [3.05, 3.63) is 67.1 Å². The van der Waals surface area contributed by atoms with E-state index >= 15 is 0 Å². The second-order valence-electron chi connectivity index (χ2n) is 6.07. The van der Waals surface area contributed by atoms with Crippen molar-refractivity contribution in [2.24, 2.45) is 0 Å². The number of carbonyl (C=O) groups excluding carboxylic acids is 2. The smallest absolute Gasteiger partial charge is 0.336 e. The molecule has 5 heteroatoms.